The molecule has 2 heterocycles. The zero-order valence-electron chi connectivity index (χ0n) is 13.7. The van der Waals surface area contributed by atoms with Gasteiger partial charge in [-0.3, -0.25) is 4.79 Å². The summed E-state index contributed by atoms with van der Waals surface area (Å²) >= 11 is 0. The van der Waals surface area contributed by atoms with Crippen LogP contribution in [-0.4, -0.2) is 29.0 Å². The van der Waals surface area contributed by atoms with Gasteiger partial charge < -0.3 is 10.2 Å². The number of anilines is 1. The molecular formula is C18H22N4O. The number of carbonyl (C=O) groups excluding carboxylic acids is 1. The number of aromatic nitrogens is 2. The Morgan fingerprint density at radius 2 is 2.04 bits per heavy atom. The minimum absolute atomic E-state index is 0.129. The molecule has 1 aromatic heterocycles. The van der Waals surface area contributed by atoms with E-state index in [1.165, 1.54) is 11.1 Å². The maximum atomic E-state index is 12.2. The third-order valence-corrected chi connectivity index (χ3v) is 4.05. The van der Waals surface area contributed by atoms with Crippen LogP contribution in [-0.2, 0) is 13.0 Å². The van der Waals surface area contributed by atoms with Crippen molar-refractivity contribution in [1.29, 1.82) is 0 Å². The highest BCUT2D eigenvalue weighted by atomic mass is 16.1. The molecule has 2 aromatic rings. The van der Waals surface area contributed by atoms with Crippen molar-refractivity contribution < 1.29 is 4.79 Å². The van der Waals surface area contributed by atoms with E-state index in [2.05, 4.69) is 44.5 Å². The molecular weight excluding hydrogens is 288 g/mol. The van der Waals surface area contributed by atoms with Crippen LogP contribution >= 0.6 is 0 Å². The molecule has 5 nitrogen and oxygen atoms in total. The second-order valence-electron chi connectivity index (χ2n) is 5.85. The molecule has 0 atom stereocenters. The first-order valence-electron chi connectivity index (χ1n) is 8.13. The molecule has 5 heteroatoms. The van der Waals surface area contributed by atoms with E-state index in [1.807, 2.05) is 13.8 Å². The highest BCUT2D eigenvalue weighted by Crippen LogP contribution is 2.23. The van der Waals surface area contributed by atoms with Crippen molar-refractivity contribution in [3.8, 4) is 0 Å². The zero-order chi connectivity index (χ0) is 16.2. The lowest BCUT2D eigenvalue weighted by Crippen LogP contribution is -2.32. The largest absolute Gasteiger partial charge is 0.352 e. The summed E-state index contributed by atoms with van der Waals surface area (Å²) in [5.41, 5.74) is 3.17. The molecule has 1 aromatic carbocycles. The van der Waals surface area contributed by atoms with Gasteiger partial charge in [-0.05, 0) is 30.9 Å². The molecule has 0 fully saturated rings. The second-order valence-corrected chi connectivity index (χ2v) is 5.85. The van der Waals surface area contributed by atoms with Crippen molar-refractivity contribution >= 4 is 11.7 Å². The SMILES string of the molecule is CCCNC(=O)c1cc(N2CCc3ccccc3C2)nc(C)n1. The van der Waals surface area contributed by atoms with Crippen molar-refractivity contribution in [1.82, 2.24) is 15.3 Å². The smallest absolute Gasteiger partial charge is 0.270 e. The van der Waals surface area contributed by atoms with Crippen molar-refractivity contribution in [3.63, 3.8) is 0 Å². The van der Waals surface area contributed by atoms with Gasteiger partial charge in [-0.15, -0.1) is 0 Å². The minimum Gasteiger partial charge on any atom is -0.352 e. The Morgan fingerprint density at radius 1 is 1.26 bits per heavy atom. The van der Waals surface area contributed by atoms with E-state index in [0.717, 1.165) is 31.7 Å². The average molecular weight is 310 g/mol. The summed E-state index contributed by atoms with van der Waals surface area (Å²) in [5.74, 6) is 1.33. The highest BCUT2D eigenvalue weighted by Gasteiger charge is 2.19. The first-order valence-corrected chi connectivity index (χ1v) is 8.13. The first kappa shape index (κ1) is 15.5. The number of carbonyl (C=O) groups is 1. The summed E-state index contributed by atoms with van der Waals surface area (Å²) in [6, 6.07) is 10.3. The number of aryl methyl sites for hydroxylation is 1. The van der Waals surface area contributed by atoms with Gasteiger partial charge in [0.25, 0.3) is 5.91 Å². The lowest BCUT2D eigenvalue weighted by atomic mass is 10.00. The summed E-state index contributed by atoms with van der Waals surface area (Å²) in [5, 5.41) is 2.87. The summed E-state index contributed by atoms with van der Waals surface area (Å²) in [4.78, 5) is 23.2. The van der Waals surface area contributed by atoms with Crippen LogP contribution in [0, 0.1) is 6.92 Å². The van der Waals surface area contributed by atoms with Gasteiger partial charge in [0, 0.05) is 25.7 Å². The first-order chi connectivity index (χ1) is 11.2. The number of rotatable bonds is 4. The molecule has 1 aliphatic rings. The third-order valence-electron chi connectivity index (χ3n) is 4.05. The monoisotopic (exact) mass is 310 g/mol. The standard InChI is InChI=1S/C18H22N4O/c1-3-9-19-18(23)16-11-17(21-13(2)20-16)22-10-8-14-6-4-5-7-15(14)12-22/h4-7,11H,3,8-10,12H2,1-2H3,(H,19,23). The van der Waals surface area contributed by atoms with E-state index in [-0.39, 0.29) is 5.91 Å². The molecule has 0 unspecified atom stereocenters. The van der Waals surface area contributed by atoms with Crippen molar-refractivity contribution in [2.75, 3.05) is 18.0 Å². The summed E-state index contributed by atoms with van der Waals surface area (Å²) < 4.78 is 0. The van der Waals surface area contributed by atoms with Crippen LogP contribution in [0.4, 0.5) is 5.82 Å². The molecule has 0 saturated carbocycles. The van der Waals surface area contributed by atoms with E-state index in [0.29, 0.717) is 18.1 Å². The predicted molar refractivity (Wildman–Crippen MR) is 90.6 cm³/mol. The van der Waals surface area contributed by atoms with Crippen LogP contribution in [0.25, 0.3) is 0 Å². The summed E-state index contributed by atoms with van der Waals surface area (Å²) in [6.07, 6.45) is 1.90. The molecule has 1 amide bonds. The van der Waals surface area contributed by atoms with Gasteiger partial charge in [-0.2, -0.15) is 0 Å². The van der Waals surface area contributed by atoms with Gasteiger partial charge in [0.05, 0.1) is 0 Å². The van der Waals surface area contributed by atoms with E-state index < -0.39 is 0 Å². The zero-order valence-corrected chi connectivity index (χ0v) is 13.7. The number of fused-ring (bicyclic) bond motifs is 1. The number of nitrogens with zero attached hydrogens (tertiary/aromatic N) is 3. The van der Waals surface area contributed by atoms with Crippen LogP contribution in [0.3, 0.4) is 0 Å². The molecule has 23 heavy (non-hydrogen) atoms. The summed E-state index contributed by atoms with van der Waals surface area (Å²) in [7, 11) is 0. The summed E-state index contributed by atoms with van der Waals surface area (Å²) in [6.45, 7) is 6.25. The highest BCUT2D eigenvalue weighted by molar-refractivity contribution is 5.92. The van der Waals surface area contributed by atoms with E-state index in [9.17, 15) is 4.79 Å². The molecule has 0 radical (unpaired) electrons. The fraction of sp³-hybridized carbons (Fsp3) is 0.389. The molecule has 1 aliphatic heterocycles. The van der Waals surface area contributed by atoms with Crippen molar-refractivity contribution in [2.24, 2.45) is 0 Å². The van der Waals surface area contributed by atoms with E-state index >= 15 is 0 Å². The molecule has 3 rings (SSSR count). The number of benzene rings is 1. The Hall–Kier alpha value is -2.43. The average Bonchev–Trinajstić information content (AvgIpc) is 2.58. The number of hydrogen-bond donors (Lipinski definition) is 1. The van der Waals surface area contributed by atoms with Crippen LogP contribution < -0.4 is 10.2 Å². The Balaban J connectivity index is 1.83. The molecule has 0 spiro atoms. The number of amides is 1. The molecule has 0 bridgehead atoms. The van der Waals surface area contributed by atoms with Gasteiger partial charge in [0.1, 0.15) is 17.3 Å². The second kappa shape index (κ2) is 6.77. The Labute approximate surface area is 136 Å². The third kappa shape index (κ3) is 3.50. The van der Waals surface area contributed by atoms with E-state index in [4.69, 9.17) is 0 Å². The van der Waals surface area contributed by atoms with Gasteiger partial charge >= 0.3 is 0 Å². The molecule has 0 aliphatic carbocycles. The van der Waals surface area contributed by atoms with Crippen LogP contribution in [0.2, 0.25) is 0 Å². The topological polar surface area (TPSA) is 58.1 Å². The van der Waals surface area contributed by atoms with Crippen molar-refractivity contribution in [3.05, 3.63) is 53.0 Å². The molecule has 120 valence electrons. The van der Waals surface area contributed by atoms with Crippen LogP contribution in [0.5, 0.6) is 0 Å². The van der Waals surface area contributed by atoms with Crippen LogP contribution in [0.1, 0.15) is 40.8 Å². The van der Waals surface area contributed by atoms with Gasteiger partial charge in [0.15, 0.2) is 0 Å². The normalized spacial score (nSPS) is 13.6. The maximum absolute atomic E-state index is 12.2. The fourth-order valence-electron chi connectivity index (χ4n) is 2.85. The van der Waals surface area contributed by atoms with E-state index in [1.54, 1.807) is 6.07 Å². The van der Waals surface area contributed by atoms with Gasteiger partial charge in [-0.1, -0.05) is 31.2 Å². The molecule has 0 saturated heterocycles. The van der Waals surface area contributed by atoms with Gasteiger partial charge in [0.2, 0.25) is 0 Å². The Kier molecular flexibility index (Phi) is 4.55. The lowest BCUT2D eigenvalue weighted by molar-refractivity contribution is 0.0948. The minimum atomic E-state index is -0.129. The van der Waals surface area contributed by atoms with Crippen LogP contribution in [0.15, 0.2) is 30.3 Å². The van der Waals surface area contributed by atoms with Gasteiger partial charge in [-0.25, -0.2) is 9.97 Å². The number of hydrogen-bond acceptors (Lipinski definition) is 4. The Bertz CT molecular complexity index is 714. The lowest BCUT2D eigenvalue weighted by Gasteiger charge is -2.30. The Morgan fingerprint density at radius 3 is 2.83 bits per heavy atom. The quantitative estimate of drug-likeness (QED) is 0.942. The fourth-order valence-corrected chi connectivity index (χ4v) is 2.85. The maximum Gasteiger partial charge on any atom is 0.270 e. The molecule has 1 N–H and O–H groups in total. The van der Waals surface area contributed by atoms with Crippen molar-refractivity contribution in [2.45, 2.75) is 33.2 Å². The predicted octanol–water partition coefficient (Wildman–Crippen LogP) is 2.49. The number of nitrogens with one attached hydrogen (secondary N) is 1.